The predicted molar refractivity (Wildman–Crippen MR) is 134 cm³/mol. The monoisotopic (exact) mass is 473 g/mol. The lowest BCUT2D eigenvalue weighted by molar-refractivity contribution is 0.133. The van der Waals surface area contributed by atoms with Crippen LogP contribution in [0.3, 0.4) is 0 Å². The highest BCUT2D eigenvalue weighted by Gasteiger charge is 2.53. The molecule has 1 aliphatic carbocycles. The Morgan fingerprint density at radius 3 is 1.87 bits per heavy atom. The number of hydrogen-bond donors (Lipinski definition) is 0. The van der Waals surface area contributed by atoms with Crippen molar-refractivity contribution >= 4 is 40.6 Å². The van der Waals surface area contributed by atoms with E-state index >= 15 is 0 Å². The number of fused-ring (bicyclic) bond motifs is 2. The van der Waals surface area contributed by atoms with E-state index in [1.807, 2.05) is 60.7 Å². The van der Waals surface area contributed by atoms with Crippen LogP contribution in [0.4, 0.5) is 0 Å². The Morgan fingerprint density at radius 1 is 0.903 bits per heavy atom. The van der Waals surface area contributed by atoms with Crippen molar-refractivity contribution in [3.63, 3.8) is 0 Å². The van der Waals surface area contributed by atoms with E-state index in [-0.39, 0.29) is 16.9 Å². The van der Waals surface area contributed by atoms with Gasteiger partial charge in [-0.3, -0.25) is 4.57 Å². The number of nitrogens with zero attached hydrogens (tertiary/aromatic N) is 1. The summed E-state index contributed by atoms with van der Waals surface area (Å²) in [4.78, 5) is 0. The van der Waals surface area contributed by atoms with E-state index < -0.39 is 7.29 Å². The summed E-state index contributed by atoms with van der Waals surface area (Å²) in [5, 5.41) is 1.01. The molecule has 2 aromatic rings. The van der Waals surface area contributed by atoms with Crippen LogP contribution in [-0.4, -0.2) is 17.3 Å². The SMILES string of the molecule is CC1(C)C[C@@H]2C[C@@](C)(CN2P(=O)(/C=C(\Cl)c2ccccc2)/C=C(/Cl)c2ccccc2)C1. The molecule has 2 fully saturated rings. The van der Waals surface area contributed by atoms with Crippen LogP contribution in [0.5, 0.6) is 0 Å². The molecule has 1 aliphatic heterocycles. The Hall–Kier alpha value is -1.31. The molecule has 0 radical (unpaired) electrons. The van der Waals surface area contributed by atoms with Crippen molar-refractivity contribution in [1.29, 1.82) is 0 Å². The molecule has 5 heteroatoms. The maximum Gasteiger partial charge on any atom is 0.196 e. The van der Waals surface area contributed by atoms with Crippen LogP contribution >= 0.6 is 30.5 Å². The molecule has 2 nitrogen and oxygen atoms in total. The van der Waals surface area contributed by atoms with Crippen LogP contribution in [0, 0.1) is 10.8 Å². The summed E-state index contributed by atoms with van der Waals surface area (Å²) >= 11 is 13.4. The molecule has 0 aromatic heterocycles. The highest BCUT2D eigenvalue weighted by molar-refractivity contribution is 7.68. The standard InChI is InChI=1S/C26H30Cl2NOP/c1-25(2)14-22-15-26(3,18-25)19-29(22)31(30,16-23(27)20-10-6-4-7-11-20)17-24(28)21-12-8-5-9-13-21/h4-13,16-17,22H,14-15,18-19H2,1-3H3/b23-16-,24-17+/t22-,26-,31?/m1/s1. The van der Waals surface area contributed by atoms with E-state index in [1.165, 1.54) is 0 Å². The maximum absolute atomic E-state index is 14.7. The smallest absolute Gasteiger partial charge is 0.196 e. The Labute approximate surface area is 196 Å². The van der Waals surface area contributed by atoms with Gasteiger partial charge < -0.3 is 0 Å². The third-order valence-electron chi connectivity index (χ3n) is 6.48. The molecule has 1 saturated heterocycles. The highest BCUT2D eigenvalue weighted by Crippen LogP contribution is 2.65. The molecule has 2 aromatic carbocycles. The zero-order valence-corrected chi connectivity index (χ0v) is 20.8. The lowest BCUT2D eigenvalue weighted by Gasteiger charge is -2.40. The van der Waals surface area contributed by atoms with Gasteiger partial charge in [-0.25, -0.2) is 4.67 Å². The first-order valence-corrected chi connectivity index (χ1v) is 13.4. The van der Waals surface area contributed by atoms with Gasteiger partial charge in [0, 0.05) is 24.2 Å². The fraction of sp³-hybridized carbons (Fsp3) is 0.385. The first-order valence-electron chi connectivity index (χ1n) is 10.8. The molecule has 0 amide bonds. The Bertz CT molecular complexity index is 988. The van der Waals surface area contributed by atoms with Crippen LogP contribution in [-0.2, 0) is 4.57 Å². The van der Waals surface area contributed by atoms with Crippen molar-refractivity contribution in [2.24, 2.45) is 10.8 Å². The van der Waals surface area contributed by atoms with Gasteiger partial charge in [-0.1, -0.05) is 105 Å². The van der Waals surface area contributed by atoms with Crippen molar-refractivity contribution in [3.05, 3.63) is 83.4 Å². The average Bonchev–Trinajstić information content (AvgIpc) is 2.98. The highest BCUT2D eigenvalue weighted by atomic mass is 35.5. The van der Waals surface area contributed by atoms with Crippen molar-refractivity contribution in [1.82, 2.24) is 4.67 Å². The van der Waals surface area contributed by atoms with Crippen LogP contribution in [0.1, 0.15) is 51.2 Å². The molecule has 2 aliphatic rings. The average molecular weight is 474 g/mol. The molecule has 1 saturated carbocycles. The summed E-state index contributed by atoms with van der Waals surface area (Å²) in [7, 11) is -3.13. The molecular formula is C26H30Cl2NOP. The van der Waals surface area contributed by atoms with Crippen molar-refractivity contribution < 1.29 is 4.57 Å². The van der Waals surface area contributed by atoms with Crippen LogP contribution < -0.4 is 0 Å². The van der Waals surface area contributed by atoms with E-state index in [0.717, 1.165) is 36.9 Å². The summed E-state index contributed by atoms with van der Waals surface area (Å²) in [5.41, 5.74) is 2.11. The predicted octanol–water partition coefficient (Wildman–Crippen LogP) is 8.64. The largest absolute Gasteiger partial charge is 0.297 e. The summed E-state index contributed by atoms with van der Waals surface area (Å²) in [6, 6.07) is 19.7. The zero-order valence-electron chi connectivity index (χ0n) is 18.4. The molecule has 164 valence electrons. The molecule has 0 spiro atoms. The molecule has 31 heavy (non-hydrogen) atoms. The first-order chi connectivity index (χ1) is 14.6. The quantitative estimate of drug-likeness (QED) is 0.404. The normalized spacial score (nSPS) is 28.4. The first kappa shape index (κ1) is 22.9. The van der Waals surface area contributed by atoms with Gasteiger partial charge in [0.2, 0.25) is 0 Å². The summed E-state index contributed by atoms with van der Waals surface area (Å²) in [6.07, 6.45) is 3.23. The van der Waals surface area contributed by atoms with Gasteiger partial charge in [0.25, 0.3) is 0 Å². The lowest BCUT2D eigenvalue weighted by atomic mass is 9.65. The van der Waals surface area contributed by atoms with Gasteiger partial charge in [-0.2, -0.15) is 0 Å². The van der Waals surface area contributed by atoms with E-state index in [1.54, 1.807) is 11.6 Å². The molecule has 1 unspecified atom stereocenters. The molecule has 1 heterocycles. The zero-order chi connectivity index (χ0) is 22.3. The second kappa shape index (κ2) is 8.56. The topological polar surface area (TPSA) is 20.3 Å². The maximum atomic E-state index is 14.7. The molecule has 2 bridgehead atoms. The molecule has 3 atom stereocenters. The second-order valence-corrected chi connectivity index (χ2v) is 13.4. The Kier molecular flexibility index (Phi) is 6.32. The second-order valence-electron chi connectivity index (χ2n) is 10.2. The van der Waals surface area contributed by atoms with Crippen LogP contribution in [0.25, 0.3) is 10.1 Å². The molecule has 0 N–H and O–H groups in total. The summed E-state index contributed by atoms with van der Waals surface area (Å²) < 4.78 is 16.9. The van der Waals surface area contributed by atoms with Crippen molar-refractivity contribution in [2.75, 3.05) is 6.54 Å². The van der Waals surface area contributed by atoms with Gasteiger partial charge in [0.15, 0.2) is 7.29 Å². The Balaban J connectivity index is 1.79. The van der Waals surface area contributed by atoms with Crippen LogP contribution in [0.15, 0.2) is 72.3 Å². The molecule has 4 rings (SSSR count). The van der Waals surface area contributed by atoms with Crippen molar-refractivity contribution in [3.8, 4) is 0 Å². The number of hydrogen-bond acceptors (Lipinski definition) is 1. The van der Waals surface area contributed by atoms with Crippen molar-refractivity contribution in [2.45, 2.75) is 46.1 Å². The van der Waals surface area contributed by atoms with Gasteiger partial charge in [0.05, 0.1) is 10.1 Å². The fourth-order valence-electron chi connectivity index (χ4n) is 5.65. The number of rotatable bonds is 5. The van der Waals surface area contributed by atoms with E-state index in [9.17, 15) is 4.57 Å². The lowest BCUT2D eigenvalue weighted by Crippen LogP contribution is -2.33. The summed E-state index contributed by atoms with van der Waals surface area (Å²) in [6.45, 7) is 7.77. The van der Waals surface area contributed by atoms with Crippen LogP contribution in [0.2, 0.25) is 0 Å². The van der Waals surface area contributed by atoms with Gasteiger partial charge in [0.1, 0.15) is 0 Å². The molecular weight excluding hydrogens is 444 g/mol. The van der Waals surface area contributed by atoms with Gasteiger partial charge >= 0.3 is 0 Å². The fourth-order valence-corrected chi connectivity index (χ4v) is 9.30. The third-order valence-corrected chi connectivity index (χ3v) is 9.97. The van der Waals surface area contributed by atoms with E-state index in [2.05, 4.69) is 25.4 Å². The number of halogens is 2. The van der Waals surface area contributed by atoms with Gasteiger partial charge in [-0.15, -0.1) is 0 Å². The minimum absolute atomic E-state index is 0.155. The minimum Gasteiger partial charge on any atom is -0.297 e. The summed E-state index contributed by atoms with van der Waals surface area (Å²) in [5.74, 6) is 3.51. The van der Waals surface area contributed by atoms with Gasteiger partial charge in [-0.05, 0) is 41.2 Å². The Morgan fingerprint density at radius 2 is 1.39 bits per heavy atom. The minimum atomic E-state index is -3.13. The van der Waals surface area contributed by atoms with E-state index in [4.69, 9.17) is 23.2 Å². The third kappa shape index (κ3) is 5.04. The number of benzene rings is 2. The van der Waals surface area contributed by atoms with E-state index in [0.29, 0.717) is 10.1 Å².